The summed E-state index contributed by atoms with van der Waals surface area (Å²) in [5.41, 5.74) is 1.33. The highest BCUT2D eigenvalue weighted by Crippen LogP contribution is 2.38. The number of hydrogen-bond acceptors (Lipinski definition) is 2. The van der Waals surface area contributed by atoms with Crippen molar-refractivity contribution in [3.05, 3.63) is 35.9 Å². The molecule has 1 aromatic carbocycles. The first-order valence-electron chi connectivity index (χ1n) is 7.93. The Kier molecular flexibility index (Phi) is 5.99. The molecule has 1 fully saturated rings. The molecule has 3 heteroatoms. The topological polar surface area (TPSA) is 40.9 Å². The standard InChI is InChI=1S/C18H25NOS/c1-14(2)10-11-21(20)18-12-16(8-9-17(18)13-19)15-6-4-3-5-7-15/h3-7,14,16-18H,8-12H2,1-2H3. The van der Waals surface area contributed by atoms with Gasteiger partial charge in [-0.05, 0) is 43.1 Å². The molecule has 4 unspecified atom stereocenters. The Balaban J connectivity index is 2.06. The van der Waals surface area contributed by atoms with Crippen LogP contribution in [0.3, 0.4) is 0 Å². The molecule has 0 spiro atoms. The summed E-state index contributed by atoms with van der Waals surface area (Å²) in [6.45, 7) is 4.32. The molecule has 2 nitrogen and oxygen atoms in total. The average molecular weight is 303 g/mol. The Bertz CT molecular complexity index is 506. The molecule has 0 radical (unpaired) electrons. The smallest absolute Gasteiger partial charge is 0.0668 e. The van der Waals surface area contributed by atoms with E-state index in [1.54, 1.807) is 0 Å². The van der Waals surface area contributed by atoms with Gasteiger partial charge in [0.1, 0.15) is 0 Å². The van der Waals surface area contributed by atoms with Gasteiger partial charge in [0.25, 0.3) is 0 Å². The summed E-state index contributed by atoms with van der Waals surface area (Å²) < 4.78 is 12.6. The molecule has 0 aromatic heterocycles. The summed E-state index contributed by atoms with van der Waals surface area (Å²) >= 11 is 0. The lowest BCUT2D eigenvalue weighted by Crippen LogP contribution is -2.33. The SMILES string of the molecule is CC(C)CCS(=O)C1CC(c2ccccc2)CCC1C#N. The van der Waals surface area contributed by atoms with Crippen molar-refractivity contribution >= 4 is 10.8 Å². The molecule has 0 N–H and O–H groups in total. The Morgan fingerprint density at radius 3 is 2.62 bits per heavy atom. The van der Waals surface area contributed by atoms with Crippen molar-refractivity contribution in [1.82, 2.24) is 0 Å². The predicted molar refractivity (Wildman–Crippen MR) is 88.4 cm³/mol. The second-order valence-corrected chi connectivity index (χ2v) is 8.24. The lowest BCUT2D eigenvalue weighted by atomic mass is 9.79. The van der Waals surface area contributed by atoms with Crippen LogP contribution in [-0.4, -0.2) is 15.2 Å². The van der Waals surface area contributed by atoms with Crippen LogP contribution in [0.5, 0.6) is 0 Å². The molecule has 1 aromatic rings. The van der Waals surface area contributed by atoms with E-state index in [4.69, 9.17) is 0 Å². The minimum atomic E-state index is -0.874. The van der Waals surface area contributed by atoms with Crippen LogP contribution >= 0.6 is 0 Å². The quantitative estimate of drug-likeness (QED) is 0.815. The molecule has 0 amide bonds. The van der Waals surface area contributed by atoms with Crippen molar-refractivity contribution in [3.8, 4) is 6.07 Å². The highest BCUT2D eigenvalue weighted by Gasteiger charge is 2.34. The first-order valence-corrected chi connectivity index (χ1v) is 9.31. The van der Waals surface area contributed by atoms with E-state index in [2.05, 4.69) is 44.2 Å². The van der Waals surface area contributed by atoms with Gasteiger partial charge in [-0.2, -0.15) is 5.26 Å². The molecule has 1 aliphatic carbocycles. The summed E-state index contributed by atoms with van der Waals surface area (Å²) in [5, 5.41) is 9.41. The van der Waals surface area contributed by atoms with E-state index >= 15 is 0 Å². The first-order chi connectivity index (χ1) is 10.1. The summed E-state index contributed by atoms with van der Waals surface area (Å²) in [6.07, 6.45) is 3.80. The van der Waals surface area contributed by atoms with Crippen LogP contribution in [-0.2, 0) is 10.8 Å². The molecule has 0 bridgehead atoms. The van der Waals surface area contributed by atoms with Crippen molar-refractivity contribution in [2.45, 2.75) is 50.7 Å². The molecule has 114 valence electrons. The van der Waals surface area contributed by atoms with E-state index < -0.39 is 10.8 Å². The van der Waals surface area contributed by atoms with Gasteiger partial charge in [0.15, 0.2) is 0 Å². The number of nitrogens with zero attached hydrogens (tertiary/aromatic N) is 1. The molecule has 0 saturated heterocycles. The summed E-state index contributed by atoms with van der Waals surface area (Å²) in [4.78, 5) is 0. The Labute approximate surface area is 131 Å². The van der Waals surface area contributed by atoms with Crippen molar-refractivity contribution in [3.63, 3.8) is 0 Å². The van der Waals surface area contributed by atoms with Crippen LogP contribution in [0.15, 0.2) is 30.3 Å². The van der Waals surface area contributed by atoms with Gasteiger partial charge in [0.05, 0.1) is 17.2 Å². The van der Waals surface area contributed by atoms with Crippen LogP contribution in [0, 0.1) is 23.2 Å². The molecule has 4 atom stereocenters. The lowest BCUT2D eigenvalue weighted by molar-refractivity contribution is 0.386. The maximum atomic E-state index is 12.6. The number of nitriles is 1. The summed E-state index contributed by atoms with van der Waals surface area (Å²) in [5.74, 6) is 1.74. The fourth-order valence-electron chi connectivity index (χ4n) is 3.10. The largest absolute Gasteiger partial charge is 0.259 e. The van der Waals surface area contributed by atoms with E-state index in [1.165, 1.54) is 5.56 Å². The van der Waals surface area contributed by atoms with Crippen molar-refractivity contribution in [1.29, 1.82) is 5.26 Å². The highest BCUT2D eigenvalue weighted by atomic mass is 32.2. The van der Waals surface area contributed by atoms with Crippen LogP contribution in [0.2, 0.25) is 0 Å². The third-order valence-corrected chi connectivity index (χ3v) is 6.30. The number of benzene rings is 1. The predicted octanol–water partition coefficient (Wildman–Crippen LogP) is 4.26. The third kappa shape index (κ3) is 4.41. The minimum Gasteiger partial charge on any atom is -0.259 e. The molecule has 21 heavy (non-hydrogen) atoms. The zero-order valence-corrected chi connectivity index (χ0v) is 13.8. The van der Waals surface area contributed by atoms with Gasteiger partial charge in [-0.15, -0.1) is 0 Å². The Morgan fingerprint density at radius 2 is 2.00 bits per heavy atom. The van der Waals surface area contributed by atoms with Crippen molar-refractivity contribution in [2.75, 3.05) is 5.75 Å². The van der Waals surface area contributed by atoms with E-state index in [0.717, 1.165) is 31.4 Å². The van der Waals surface area contributed by atoms with Crippen LogP contribution in [0.1, 0.15) is 51.0 Å². The van der Waals surface area contributed by atoms with Crippen molar-refractivity contribution in [2.24, 2.45) is 11.8 Å². The fraction of sp³-hybridized carbons (Fsp3) is 0.611. The van der Waals surface area contributed by atoms with E-state index in [1.807, 2.05) is 6.07 Å². The Morgan fingerprint density at radius 1 is 1.29 bits per heavy atom. The molecule has 0 aliphatic heterocycles. The van der Waals surface area contributed by atoms with Gasteiger partial charge in [-0.1, -0.05) is 44.2 Å². The Hall–Kier alpha value is -1.14. The zero-order valence-electron chi connectivity index (χ0n) is 13.0. The van der Waals surface area contributed by atoms with Gasteiger partial charge in [0.2, 0.25) is 0 Å². The molecule has 2 rings (SSSR count). The van der Waals surface area contributed by atoms with E-state index in [0.29, 0.717) is 11.8 Å². The van der Waals surface area contributed by atoms with Gasteiger partial charge in [-0.25, -0.2) is 0 Å². The number of hydrogen-bond donors (Lipinski definition) is 0. The summed E-state index contributed by atoms with van der Waals surface area (Å²) in [7, 11) is -0.874. The molecule has 1 aliphatic rings. The first kappa shape index (κ1) is 16.2. The van der Waals surface area contributed by atoms with Gasteiger partial charge in [0, 0.05) is 16.6 Å². The number of rotatable bonds is 5. The fourth-order valence-corrected chi connectivity index (χ4v) is 5.12. The normalized spacial score (nSPS) is 27.2. The monoisotopic (exact) mass is 303 g/mol. The molecular formula is C18H25NOS. The minimum absolute atomic E-state index is 0.0297. The summed E-state index contributed by atoms with van der Waals surface area (Å²) in [6, 6.07) is 12.9. The van der Waals surface area contributed by atoms with E-state index in [-0.39, 0.29) is 11.2 Å². The lowest BCUT2D eigenvalue weighted by Gasteiger charge is -2.32. The van der Waals surface area contributed by atoms with Gasteiger partial charge in [-0.3, -0.25) is 4.21 Å². The van der Waals surface area contributed by atoms with Crippen LogP contribution < -0.4 is 0 Å². The third-order valence-electron chi connectivity index (χ3n) is 4.46. The maximum Gasteiger partial charge on any atom is 0.0668 e. The van der Waals surface area contributed by atoms with Gasteiger partial charge >= 0.3 is 0 Å². The van der Waals surface area contributed by atoms with Crippen molar-refractivity contribution < 1.29 is 4.21 Å². The second-order valence-electron chi connectivity index (χ2n) is 6.46. The van der Waals surface area contributed by atoms with E-state index in [9.17, 15) is 9.47 Å². The average Bonchev–Trinajstić information content (AvgIpc) is 2.52. The second kappa shape index (κ2) is 7.75. The zero-order chi connectivity index (χ0) is 15.2. The van der Waals surface area contributed by atoms with Crippen LogP contribution in [0.25, 0.3) is 0 Å². The maximum absolute atomic E-state index is 12.6. The molecule has 0 heterocycles. The molecular weight excluding hydrogens is 278 g/mol. The van der Waals surface area contributed by atoms with Gasteiger partial charge < -0.3 is 0 Å². The molecule has 1 saturated carbocycles. The van der Waals surface area contributed by atoms with Crippen LogP contribution in [0.4, 0.5) is 0 Å². The highest BCUT2D eigenvalue weighted by molar-refractivity contribution is 7.85.